The molecular weight excluding hydrogens is 438 g/mol. The minimum absolute atomic E-state index is 0.129. The van der Waals surface area contributed by atoms with E-state index in [0.29, 0.717) is 5.56 Å². The number of anilines is 1. The molecule has 32 heavy (non-hydrogen) atoms. The fourth-order valence-electron chi connectivity index (χ4n) is 3.40. The predicted octanol–water partition coefficient (Wildman–Crippen LogP) is 6.57. The Hall–Kier alpha value is -3.69. The average molecular weight is 452 g/mol. The zero-order valence-electron chi connectivity index (χ0n) is 16.1. The molecule has 0 fully saturated rings. The number of carbonyl (C=O) groups is 1. The van der Waals surface area contributed by atoms with Gasteiger partial charge in [0.1, 0.15) is 6.26 Å². The fourth-order valence-corrected chi connectivity index (χ4v) is 3.40. The topological polar surface area (TPSA) is 47.2 Å². The summed E-state index contributed by atoms with van der Waals surface area (Å²) in [7, 11) is 0. The lowest BCUT2D eigenvalue weighted by atomic mass is 10.1. The van der Waals surface area contributed by atoms with E-state index < -0.39 is 29.4 Å². The number of benzene rings is 2. The standard InChI is InChI=1S/C22H14F6N2O2/c23-21(24,25)15-6-4-13(5-7-15)10-30-11-18(29-20(31)14-8-9-32-12-14)16-2-1-3-17(19(16)30)22(26,27)28/h1-9,11-12H,10H2,(H,29,31). The Bertz CT molecular complexity index is 1250. The van der Waals surface area contributed by atoms with Gasteiger partial charge < -0.3 is 14.3 Å². The van der Waals surface area contributed by atoms with Crippen molar-refractivity contribution in [1.82, 2.24) is 4.57 Å². The summed E-state index contributed by atoms with van der Waals surface area (Å²) in [5, 5.41) is 2.71. The van der Waals surface area contributed by atoms with Crippen molar-refractivity contribution in [3.05, 3.63) is 89.5 Å². The first kappa shape index (κ1) is 21.5. The van der Waals surface area contributed by atoms with Crippen molar-refractivity contribution < 1.29 is 35.6 Å². The lowest BCUT2D eigenvalue weighted by Crippen LogP contribution is -2.10. The summed E-state index contributed by atoms with van der Waals surface area (Å²) in [4.78, 5) is 12.4. The zero-order valence-corrected chi connectivity index (χ0v) is 16.1. The summed E-state index contributed by atoms with van der Waals surface area (Å²) in [5.41, 5.74) is -1.31. The van der Waals surface area contributed by atoms with Crippen LogP contribution in [-0.2, 0) is 18.9 Å². The Morgan fingerprint density at radius 3 is 2.25 bits per heavy atom. The minimum atomic E-state index is -4.68. The smallest absolute Gasteiger partial charge is 0.418 e. The third kappa shape index (κ3) is 4.20. The summed E-state index contributed by atoms with van der Waals surface area (Å²) >= 11 is 0. The van der Waals surface area contributed by atoms with Gasteiger partial charge in [0.05, 0.1) is 34.2 Å². The maximum Gasteiger partial charge on any atom is 0.418 e. The molecule has 0 unspecified atom stereocenters. The molecule has 0 aliphatic carbocycles. The van der Waals surface area contributed by atoms with E-state index in [-0.39, 0.29) is 28.7 Å². The Balaban J connectivity index is 1.77. The molecule has 2 heterocycles. The van der Waals surface area contributed by atoms with E-state index >= 15 is 0 Å². The SMILES string of the molecule is O=C(Nc1cn(Cc2ccc(C(F)(F)F)cc2)c2c(C(F)(F)F)cccc12)c1ccoc1. The normalized spacial score (nSPS) is 12.3. The van der Waals surface area contributed by atoms with Crippen LogP contribution in [0.2, 0.25) is 0 Å². The van der Waals surface area contributed by atoms with Crippen LogP contribution in [0.25, 0.3) is 10.9 Å². The molecular formula is C22H14F6N2O2. The van der Waals surface area contributed by atoms with Gasteiger partial charge in [-0.2, -0.15) is 26.3 Å². The second kappa shape index (κ2) is 7.77. The first-order valence-corrected chi connectivity index (χ1v) is 9.23. The minimum Gasteiger partial charge on any atom is -0.472 e. The van der Waals surface area contributed by atoms with Crippen LogP contribution in [0, 0.1) is 0 Å². The summed E-state index contributed by atoms with van der Waals surface area (Å²) in [6.45, 7) is -0.136. The Morgan fingerprint density at radius 2 is 1.66 bits per heavy atom. The van der Waals surface area contributed by atoms with Crippen LogP contribution in [0.15, 0.2) is 71.7 Å². The molecule has 166 valence electrons. The number of fused-ring (bicyclic) bond motifs is 1. The molecule has 0 saturated heterocycles. The van der Waals surface area contributed by atoms with Gasteiger partial charge in [-0.25, -0.2) is 0 Å². The van der Waals surface area contributed by atoms with Crippen molar-refractivity contribution in [2.24, 2.45) is 0 Å². The van der Waals surface area contributed by atoms with Gasteiger partial charge in [-0.1, -0.05) is 24.3 Å². The van der Waals surface area contributed by atoms with Crippen molar-refractivity contribution in [2.75, 3.05) is 5.32 Å². The van der Waals surface area contributed by atoms with Crippen LogP contribution in [0.1, 0.15) is 27.0 Å². The number of nitrogens with one attached hydrogen (secondary N) is 1. The summed E-state index contributed by atoms with van der Waals surface area (Å²) in [6, 6.07) is 9.11. The number of rotatable bonds is 4. The van der Waals surface area contributed by atoms with Crippen LogP contribution < -0.4 is 5.32 Å². The second-order valence-electron chi connectivity index (χ2n) is 7.03. The Kier molecular flexibility index (Phi) is 5.23. The molecule has 0 radical (unpaired) electrons. The molecule has 4 aromatic rings. The monoisotopic (exact) mass is 452 g/mol. The molecule has 4 rings (SSSR count). The first-order valence-electron chi connectivity index (χ1n) is 9.23. The number of halogens is 6. The predicted molar refractivity (Wildman–Crippen MR) is 104 cm³/mol. The van der Waals surface area contributed by atoms with Gasteiger partial charge in [-0.15, -0.1) is 0 Å². The van der Waals surface area contributed by atoms with Crippen molar-refractivity contribution >= 4 is 22.5 Å². The van der Waals surface area contributed by atoms with Gasteiger partial charge in [-0.05, 0) is 29.8 Å². The van der Waals surface area contributed by atoms with Crippen molar-refractivity contribution in [2.45, 2.75) is 18.9 Å². The third-order valence-corrected chi connectivity index (χ3v) is 4.87. The van der Waals surface area contributed by atoms with Gasteiger partial charge >= 0.3 is 12.4 Å². The quantitative estimate of drug-likeness (QED) is 0.356. The van der Waals surface area contributed by atoms with E-state index in [1.54, 1.807) is 0 Å². The number of aromatic nitrogens is 1. The van der Waals surface area contributed by atoms with Crippen LogP contribution in [-0.4, -0.2) is 10.5 Å². The summed E-state index contributed by atoms with van der Waals surface area (Å²) in [6.07, 6.45) is -5.40. The first-order chi connectivity index (χ1) is 15.0. The molecule has 0 aliphatic heterocycles. The number of furan rings is 1. The van der Waals surface area contributed by atoms with E-state index in [0.717, 1.165) is 18.2 Å². The number of nitrogens with zero attached hydrogens (tertiary/aromatic N) is 1. The van der Waals surface area contributed by atoms with Crippen LogP contribution in [0.4, 0.5) is 32.0 Å². The Morgan fingerprint density at radius 1 is 0.938 bits per heavy atom. The molecule has 2 aromatic carbocycles. The van der Waals surface area contributed by atoms with Gasteiger partial charge in [0.15, 0.2) is 0 Å². The molecule has 1 amide bonds. The number of alkyl halides is 6. The number of carbonyl (C=O) groups excluding carboxylic acids is 1. The highest BCUT2D eigenvalue weighted by Gasteiger charge is 2.34. The largest absolute Gasteiger partial charge is 0.472 e. The summed E-state index contributed by atoms with van der Waals surface area (Å²) < 4.78 is 85.5. The second-order valence-corrected chi connectivity index (χ2v) is 7.03. The van der Waals surface area contributed by atoms with Crippen LogP contribution in [0.3, 0.4) is 0 Å². The highest BCUT2D eigenvalue weighted by molar-refractivity contribution is 6.09. The Labute approximate surface area is 177 Å². The van der Waals surface area contributed by atoms with E-state index in [1.807, 2.05) is 0 Å². The summed E-state index contributed by atoms with van der Waals surface area (Å²) in [5.74, 6) is -0.579. The molecule has 2 aromatic heterocycles. The lowest BCUT2D eigenvalue weighted by molar-refractivity contribution is -0.138. The van der Waals surface area contributed by atoms with E-state index in [9.17, 15) is 31.1 Å². The molecule has 4 nitrogen and oxygen atoms in total. The highest BCUT2D eigenvalue weighted by atomic mass is 19.4. The van der Waals surface area contributed by atoms with Gasteiger partial charge in [0.25, 0.3) is 5.91 Å². The highest BCUT2D eigenvalue weighted by Crippen LogP contribution is 2.38. The van der Waals surface area contributed by atoms with Crippen LogP contribution >= 0.6 is 0 Å². The molecule has 0 aliphatic rings. The van der Waals surface area contributed by atoms with Gasteiger partial charge in [-0.3, -0.25) is 4.79 Å². The molecule has 0 bridgehead atoms. The van der Waals surface area contributed by atoms with Crippen molar-refractivity contribution in [1.29, 1.82) is 0 Å². The fraction of sp³-hybridized carbons (Fsp3) is 0.136. The van der Waals surface area contributed by atoms with Gasteiger partial charge in [0.2, 0.25) is 0 Å². The molecule has 1 N–H and O–H groups in total. The van der Waals surface area contributed by atoms with E-state index in [2.05, 4.69) is 5.32 Å². The average Bonchev–Trinajstić information content (AvgIpc) is 3.36. The number of hydrogen-bond donors (Lipinski definition) is 1. The number of hydrogen-bond acceptors (Lipinski definition) is 2. The van der Waals surface area contributed by atoms with E-state index in [4.69, 9.17) is 4.42 Å². The number of para-hydroxylation sites is 1. The third-order valence-electron chi connectivity index (χ3n) is 4.87. The molecule has 0 saturated carbocycles. The van der Waals surface area contributed by atoms with Crippen molar-refractivity contribution in [3.63, 3.8) is 0 Å². The maximum atomic E-state index is 13.7. The van der Waals surface area contributed by atoms with Crippen molar-refractivity contribution in [3.8, 4) is 0 Å². The molecule has 0 atom stereocenters. The zero-order chi connectivity index (χ0) is 23.1. The van der Waals surface area contributed by atoms with Gasteiger partial charge in [0, 0.05) is 18.1 Å². The van der Waals surface area contributed by atoms with Crippen LogP contribution in [0.5, 0.6) is 0 Å². The number of amides is 1. The lowest BCUT2D eigenvalue weighted by Gasteiger charge is -2.13. The molecule has 0 spiro atoms. The molecule has 10 heteroatoms. The maximum absolute atomic E-state index is 13.7. The van der Waals surface area contributed by atoms with E-state index in [1.165, 1.54) is 53.6 Å².